The van der Waals surface area contributed by atoms with E-state index in [1.54, 1.807) is 11.3 Å². The number of rotatable bonds is 7. The summed E-state index contributed by atoms with van der Waals surface area (Å²) in [5.41, 5.74) is 1.24. The van der Waals surface area contributed by atoms with Crippen LogP contribution in [0.5, 0.6) is 0 Å². The molecule has 1 fully saturated rings. The quantitative estimate of drug-likeness (QED) is 0.815. The largest absolute Gasteiger partial charge is 0.350 e. The first-order valence-corrected chi connectivity index (χ1v) is 10.1. The van der Waals surface area contributed by atoms with E-state index in [2.05, 4.69) is 57.6 Å². The highest BCUT2D eigenvalue weighted by molar-refractivity contribution is 7.09. The van der Waals surface area contributed by atoms with Crippen LogP contribution in [0, 0.1) is 0 Å². The molecule has 2 heterocycles. The number of thiophene rings is 1. The minimum atomic E-state index is -0.0722. The molecule has 1 amide bonds. The van der Waals surface area contributed by atoms with Crippen LogP contribution in [0.1, 0.15) is 17.4 Å². The Morgan fingerprint density at radius 1 is 1.15 bits per heavy atom. The second-order valence-corrected chi connectivity index (χ2v) is 7.66. The Bertz CT molecular complexity index is 691. The van der Waals surface area contributed by atoms with Crippen molar-refractivity contribution in [2.24, 2.45) is 0 Å². The van der Waals surface area contributed by atoms with Crippen LogP contribution in [0.3, 0.4) is 0 Å². The van der Waals surface area contributed by atoms with E-state index in [1.165, 1.54) is 10.4 Å². The molecule has 1 saturated heterocycles. The van der Waals surface area contributed by atoms with Gasteiger partial charge in [0.1, 0.15) is 0 Å². The molecule has 2 aromatic rings. The number of benzene rings is 1. The average molecular weight is 370 g/mol. The summed E-state index contributed by atoms with van der Waals surface area (Å²) in [4.78, 5) is 18.3. The van der Waals surface area contributed by atoms with Crippen molar-refractivity contribution in [3.05, 3.63) is 64.4 Å². The zero-order chi connectivity index (χ0) is 18.2. The third kappa shape index (κ3) is 5.53. The molecule has 1 aliphatic heterocycles. The summed E-state index contributed by atoms with van der Waals surface area (Å²) < 4.78 is 0. The van der Waals surface area contributed by atoms with Crippen LogP contribution in [-0.2, 0) is 11.3 Å². The van der Waals surface area contributed by atoms with Crippen molar-refractivity contribution in [1.82, 2.24) is 15.1 Å². The predicted octanol–water partition coefficient (Wildman–Crippen LogP) is 3.08. The van der Waals surface area contributed by atoms with Gasteiger partial charge in [0.05, 0.1) is 12.6 Å². The Morgan fingerprint density at radius 3 is 2.62 bits per heavy atom. The van der Waals surface area contributed by atoms with Crippen molar-refractivity contribution < 1.29 is 4.79 Å². The second-order valence-electron chi connectivity index (χ2n) is 6.62. The summed E-state index contributed by atoms with van der Waals surface area (Å²) in [6.07, 6.45) is 4.40. The Kier molecular flexibility index (Phi) is 7.00. The van der Waals surface area contributed by atoms with Crippen LogP contribution >= 0.6 is 11.3 Å². The first-order chi connectivity index (χ1) is 12.7. The van der Waals surface area contributed by atoms with Crippen molar-refractivity contribution in [2.75, 3.05) is 32.7 Å². The van der Waals surface area contributed by atoms with Gasteiger partial charge in [-0.1, -0.05) is 48.6 Å². The van der Waals surface area contributed by atoms with Gasteiger partial charge in [0.25, 0.3) is 0 Å². The van der Waals surface area contributed by atoms with Gasteiger partial charge in [0.2, 0.25) is 5.91 Å². The number of hydrogen-bond acceptors (Lipinski definition) is 4. The van der Waals surface area contributed by atoms with E-state index >= 15 is 0 Å². The second kappa shape index (κ2) is 9.67. The van der Waals surface area contributed by atoms with Gasteiger partial charge < -0.3 is 5.32 Å². The Balaban J connectivity index is 1.38. The highest BCUT2D eigenvalue weighted by atomic mass is 32.1. The highest BCUT2D eigenvalue weighted by Crippen LogP contribution is 2.10. The Morgan fingerprint density at radius 2 is 1.92 bits per heavy atom. The molecular weight excluding hydrogens is 342 g/mol. The van der Waals surface area contributed by atoms with Crippen LogP contribution in [0.25, 0.3) is 6.08 Å². The van der Waals surface area contributed by atoms with Crippen molar-refractivity contribution in [3.63, 3.8) is 0 Å². The molecule has 1 aromatic heterocycles. The molecule has 1 aromatic carbocycles. The van der Waals surface area contributed by atoms with E-state index in [0.29, 0.717) is 6.54 Å². The zero-order valence-electron chi connectivity index (χ0n) is 15.3. The predicted molar refractivity (Wildman–Crippen MR) is 109 cm³/mol. The molecule has 0 unspecified atom stereocenters. The molecule has 0 saturated carbocycles. The minimum Gasteiger partial charge on any atom is -0.350 e. The first-order valence-electron chi connectivity index (χ1n) is 9.20. The van der Waals surface area contributed by atoms with Crippen LogP contribution in [0.4, 0.5) is 0 Å². The van der Waals surface area contributed by atoms with E-state index in [9.17, 15) is 4.79 Å². The Hall–Kier alpha value is -1.95. The number of carbonyl (C=O) groups excluding carboxylic acids is 1. The number of piperazine rings is 1. The van der Waals surface area contributed by atoms with Crippen molar-refractivity contribution in [2.45, 2.75) is 19.5 Å². The van der Waals surface area contributed by atoms with Crippen molar-refractivity contribution in [1.29, 1.82) is 0 Å². The van der Waals surface area contributed by atoms with Gasteiger partial charge in [-0.15, -0.1) is 11.3 Å². The lowest BCUT2D eigenvalue weighted by Gasteiger charge is -2.37. The lowest BCUT2D eigenvalue weighted by molar-refractivity contribution is -0.126. The average Bonchev–Trinajstić information content (AvgIpc) is 3.20. The highest BCUT2D eigenvalue weighted by Gasteiger charge is 2.24. The maximum atomic E-state index is 12.4. The summed E-state index contributed by atoms with van der Waals surface area (Å²) in [7, 11) is 0. The van der Waals surface area contributed by atoms with Gasteiger partial charge in [0, 0.05) is 37.6 Å². The van der Waals surface area contributed by atoms with Crippen molar-refractivity contribution in [3.8, 4) is 0 Å². The van der Waals surface area contributed by atoms with Crippen LogP contribution < -0.4 is 5.32 Å². The summed E-state index contributed by atoms with van der Waals surface area (Å²) in [5, 5.41) is 5.09. The fraction of sp³-hybridized carbons (Fsp3) is 0.381. The van der Waals surface area contributed by atoms with Gasteiger partial charge in [-0.05, 0) is 23.9 Å². The van der Waals surface area contributed by atoms with Crippen LogP contribution in [0.15, 0.2) is 53.9 Å². The molecule has 4 nitrogen and oxygen atoms in total. The Labute approximate surface area is 160 Å². The molecule has 1 N–H and O–H groups in total. The zero-order valence-corrected chi connectivity index (χ0v) is 16.1. The van der Waals surface area contributed by atoms with Gasteiger partial charge in [-0.25, -0.2) is 0 Å². The number of nitrogens with one attached hydrogen (secondary N) is 1. The summed E-state index contributed by atoms with van der Waals surface area (Å²) in [5.74, 6) is 0.121. The molecule has 0 radical (unpaired) electrons. The standard InChI is InChI=1S/C21H27N3OS/c1-18(21(25)22-17-20-10-6-16-26-20)24-14-12-23(13-15-24)11-5-9-19-7-3-2-4-8-19/h2-10,16,18H,11-15,17H2,1H3,(H,22,25)/b9-5+/t18-/m1/s1. The van der Waals surface area contributed by atoms with Gasteiger partial charge in [-0.2, -0.15) is 0 Å². The maximum absolute atomic E-state index is 12.4. The third-order valence-corrected chi connectivity index (χ3v) is 5.70. The number of amides is 1. The summed E-state index contributed by atoms with van der Waals surface area (Å²) in [6, 6.07) is 14.4. The summed E-state index contributed by atoms with van der Waals surface area (Å²) >= 11 is 1.68. The van der Waals surface area contributed by atoms with Crippen LogP contribution in [0.2, 0.25) is 0 Å². The summed E-state index contributed by atoms with van der Waals surface area (Å²) in [6.45, 7) is 7.48. The molecule has 26 heavy (non-hydrogen) atoms. The van der Waals surface area contributed by atoms with E-state index in [0.717, 1.165) is 32.7 Å². The fourth-order valence-corrected chi connectivity index (χ4v) is 3.78. The molecule has 5 heteroatoms. The molecule has 0 spiro atoms. The van der Waals surface area contributed by atoms with Gasteiger partial charge in [-0.3, -0.25) is 14.6 Å². The molecule has 3 rings (SSSR count). The van der Waals surface area contributed by atoms with E-state index in [4.69, 9.17) is 0 Å². The topological polar surface area (TPSA) is 35.6 Å². The molecule has 1 atom stereocenters. The first kappa shape index (κ1) is 18.8. The smallest absolute Gasteiger partial charge is 0.237 e. The molecular formula is C21H27N3OS. The number of hydrogen-bond donors (Lipinski definition) is 1. The lowest BCUT2D eigenvalue weighted by Crippen LogP contribution is -2.53. The molecule has 1 aliphatic rings. The molecule has 0 aliphatic carbocycles. The van der Waals surface area contributed by atoms with Gasteiger partial charge >= 0.3 is 0 Å². The maximum Gasteiger partial charge on any atom is 0.237 e. The molecule has 138 valence electrons. The van der Waals surface area contributed by atoms with E-state index in [1.807, 2.05) is 24.4 Å². The fourth-order valence-electron chi connectivity index (χ4n) is 3.14. The lowest BCUT2D eigenvalue weighted by atomic mass is 10.2. The monoisotopic (exact) mass is 369 g/mol. The number of nitrogens with zero attached hydrogens (tertiary/aromatic N) is 2. The van der Waals surface area contributed by atoms with E-state index in [-0.39, 0.29) is 11.9 Å². The third-order valence-electron chi connectivity index (χ3n) is 4.82. The molecule has 0 bridgehead atoms. The normalized spacial score (nSPS) is 17.4. The van der Waals surface area contributed by atoms with Crippen LogP contribution in [-0.4, -0.2) is 54.5 Å². The van der Waals surface area contributed by atoms with Gasteiger partial charge in [0.15, 0.2) is 0 Å². The minimum absolute atomic E-state index is 0.0722. The van der Waals surface area contributed by atoms with E-state index < -0.39 is 0 Å². The number of carbonyl (C=O) groups is 1. The SMILES string of the molecule is C[C@H](C(=O)NCc1cccs1)N1CCN(C/C=C/c2ccccc2)CC1. The van der Waals surface area contributed by atoms with Crippen molar-refractivity contribution >= 4 is 23.3 Å².